The summed E-state index contributed by atoms with van der Waals surface area (Å²) in [6.45, 7) is 1.26. The highest BCUT2D eigenvalue weighted by atomic mass is 33.1. The van der Waals surface area contributed by atoms with Crippen molar-refractivity contribution in [1.82, 2.24) is 19.1 Å². The highest BCUT2D eigenvalue weighted by Crippen LogP contribution is 2.67. The van der Waals surface area contributed by atoms with Gasteiger partial charge in [-0.15, -0.1) is 12.3 Å². The quantitative estimate of drug-likeness (QED) is 0.0237. The van der Waals surface area contributed by atoms with Gasteiger partial charge < -0.3 is 58.5 Å². The fourth-order valence-electron chi connectivity index (χ4n) is 5.22. The summed E-state index contributed by atoms with van der Waals surface area (Å²) in [6.07, 6.45) is 2.39. The zero-order valence-corrected chi connectivity index (χ0v) is 40.5. The van der Waals surface area contributed by atoms with E-state index in [0.717, 1.165) is 21.3 Å². The molecule has 40 heteroatoms. The fraction of sp³-hybridized carbons (Fsp3) is 0.615. The molecular formula is C26H42N4O28P6S2. The average molecular weight is 1110 g/mol. The van der Waals surface area contributed by atoms with Gasteiger partial charge in [0.2, 0.25) is 0 Å². The third kappa shape index (κ3) is 20.3. The Hall–Kier alpha value is -1.72. The molecule has 0 aliphatic carbocycles. The van der Waals surface area contributed by atoms with Crippen LogP contribution in [0.25, 0.3) is 0 Å². The van der Waals surface area contributed by atoms with E-state index in [-0.39, 0.29) is 29.9 Å². The minimum Gasteiger partial charge on any atom is -0.390 e. The molecular weight excluding hydrogens is 1070 g/mol. The Morgan fingerprint density at radius 2 is 1.14 bits per heavy atom. The zero-order valence-electron chi connectivity index (χ0n) is 33.5. The second kappa shape index (κ2) is 24.4. The van der Waals surface area contributed by atoms with Crippen LogP contribution in [0.15, 0.2) is 31.6 Å². The van der Waals surface area contributed by atoms with Gasteiger partial charge in [-0.2, -0.15) is 17.2 Å². The van der Waals surface area contributed by atoms with Crippen LogP contribution in [0.3, 0.4) is 0 Å². The Labute approximate surface area is 377 Å². The van der Waals surface area contributed by atoms with Crippen LogP contribution in [0.1, 0.15) is 49.3 Å². The van der Waals surface area contributed by atoms with Gasteiger partial charge in [-0.1, -0.05) is 21.6 Å². The predicted molar refractivity (Wildman–Crippen MR) is 223 cm³/mol. The molecule has 0 amide bonds. The number of phosphoric ester groups is 2. The molecule has 2 aliphatic heterocycles. The first-order valence-electron chi connectivity index (χ1n) is 17.7. The van der Waals surface area contributed by atoms with Gasteiger partial charge in [0, 0.05) is 48.5 Å². The van der Waals surface area contributed by atoms with Crippen LogP contribution in [0, 0.1) is 26.2 Å². The molecule has 2 fully saturated rings. The van der Waals surface area contributed by atoms with Crippen LogP contribution in [0.2, 0.25) is 0 Å². The second-order valence-corrected chi connectivity index (χ2v) is 24.5. The van der Waals surface area contributed by atoms with Crippen molar-refractivity contribution in [3.8, 4) is 12.3 Å². The maximum Gasteiger partial charge on any atom is 0.490 e. The SMILES string of the molecule is C#CCCCSSCO[C@@H]1C[C@H](n2cc(C)c(=O)[nH]c2=O)O[C@@H]1COP(=O)(O)OP(=O)(O)OP(=O)(O)O.Cc1cn([C@H]2C[C@@H](O)[C@@H](COP(=O)(O)OP(=O)(O)OP(=O)(O)O)O2)c(=O)[nH]c1=O. The molecule has 11 N–H and O–H groups in total. The van der Waals surface area contributed by atoms with Crippen molar-refractivity contribution in [3.63, 3.8) is 0 Å². The molecule has 2 saturated heterocycles. The lowest BCUT2D eigenvalue weighted by atomic mass is 10.2. The van der Waals surface area contributed by atoms with Crippen LogP contribution >= 0.6 is 68.5 Å². The molecule has 4 heterocycles. The molecule has 2 aliphatic rings. The first kappa shape index (κ1) is 58.6. The number of hydrogen-bond donors (Lipinski definition) is 11. The number of terminal acetylenes is 1. The lowest BCUT2D eigenvalue weighted by Crippen LogP contribution is -2.33. The van der Waals surface area contributed by atoms with Crippen LogP contribution in [-0.2, 0) is 67.9 Å². The third-order valence-corrected chi connectivity index (χ3v) is 17.6. The van der Waals surface area contributed by atoms with E-state index in [1.165, 1.54) is 47.8 Å². The van der Waals surface area contributed by atoms with Crippen LogP contribution in [-0.4, -0.2) is 113 Å². The van der Waals surface area contributed by atoms with Crippen LogP contribution in [0.5, 0.6) is 0 Å². The molecule has 0 spiro atoms. The van der Waals surface area contributed by atoms with Gasteiger partial charge in [0.15, 0.2) is 0 Å². The molecule has 10 atom stereocenters. The summed E-state index contributed by atoms with van der Waals surface area (Å²) in [7, 11) is -30.4. The number of phosphoric acid groups is 6. The van der Waals surface area contributed by atoms with Gasteiger partial charge in [0.1, 0.15) is 30.6 Å². The zero-order chi connectivity index (χ0) is 50.1. The van der Waals surface area contributed by atoms with Gasteiger partial charge in [-0.25, -0.2) is 37.0 Å². The first-order chi connectivity index (χ1) is 30.2. The lowest BCUT2D eigenvalue weighted by molar-refractivity contribution is -0.0543. The van der Waals surface area contributed by atoms with E-state index in [2.05, 4.69) is 37.2 Å². The molecule has 66 heavy (non-hydrogen) atoms. The smallest absolute Gasteiger partial charge is 0.390 e. The number of aliphatic hydroxyl groups excluding tert-OH is 1. The fourth-order valence-corrected chi connectivity index (χ4v) is 13.0. The maximum atomic E-state index is 12.3. The maximum absolute atomic E-state index is 12.3. The van der Waals surface area contributed by atoms with Crippen molar-refractivity contribution in [2.45, 2.75) is 76.4 Å². The van der Waals surface area contributed by atoms with E-state index in [1.54, 1.807) is 0 Å². The number of aromatic nitrogens is 4. The second-order valence-electron chi connectivity index (χ2n) is 13.1. The number of nitrogens with one attached hydrogen (secondary N) is 2. The molecule has 4 unspecified atom stereocenters. The summed E-state index contributed by atoms with van der Waals surface area (Å²) < 4.78 is 110. The van der Waals surface area contributed by atoms with Gasteiger partial charge in [0.25, 0.3) is 11.1 Å². The Morgan fingerprint density at radius 1 is 0.697 bits per heavy atom. The summed E-state index contributed by atoms with van der Waals surface area (Å²) in [5.41, 5.74) is -2.41. The molecule has 2 aromatic heterocycles. The Kier molecular flexibility index (Phi) is 21.7. The number of aryl methyl sites for hydroxylation is 2. The van der Waals surface area contributed by atoms with Crippen molar-refractivity contribution in [2.75, 3.05) is 24.9 Å². The van der Waals surface area contributed by atoms with Crippen molar-refractivity contribution in [2.24, 2.45) is 0 Å². The predicted octanol–water partition coefficient (Wildman–Crippen LogP) is 0.450. The lowest BCUT2D eigenvalue weighted by Gasteiger charge is -2.21. The van der Waals surface area contributed by atoms with Crippen LogP contribution in [0.4, 0.5) is 0 Å². The molecule has 0 saturated carbocycles. The van der Waals surface area contributed by atoms with Gasteiger partial charge in [-0.3, -0.25) is 37.7 Å². The molecule has 0 aromatic carbocycles. The molecule has 0 radical (unpaired) electrons. The summed E-state index contributed by atoms with van der Waals surface area (Å²) >= 11 is 0. The largest absolute Gasteiger partial charge is 0.490 e. The standard InChI is InChI=1S/C16H25N2O14P3S2.C10H17N2O14P3/c1-3-4-5-6-36-37-10-28-12-7-14(18-8-11(2)15(19)17-16(18)20)30-13(12)9-29-34(24,25)32-35(26,27)31-33(21,22)23;1-5-3-12(10(15)11-9(5)14)8-2-6(13)7(24-8)4-23-28(19,20)26-29(21,22)25-27(16,17)18/h1,8,12-14H,4-7,9-10H2,2H3,(H,24,25)(H,26,27)(H,17,19,20)(H2,21,22,23);3,6-8,13H,2,4H2,1H3,(H,19,20)(H,21,22)(H,11,14,15)(H2,16,17,18)/t12-,13-,14-;6-,7-,8-/m11/s1. The Balaban J connectivity index is 0.000000361. The molecule has 2 aromatic rings. The van der Waals surface area contributed by atoms with E-state index >= 15 is 0 Å². The van der Waals surface area contributed by atoms with Gasteiger partial charge in [-0.05, 0) is 20.3 Å². The number of aromatic amines is 2. The molecule has 0 bridgehead atoms. The van der Waals surface area contributed by atoms with Crippen LogP contribution < -0.4 is 22.5 Å². The summed E-state index contributed by atoms with van der Waals surface area (Å²) in [6, 6.07) is 0. The van der Waals surface area contributed by atoms with E-state index in [4.69, 9.17) is 45.1 Å². The molecule has 32 nitrogen and oxygen atoms in total. The van der Waals surface area contributed by atoms with Crippen molar-refractivity contribution in [3.05, 3.63) is 65.2 Å². The van der Waals surface area contributed by atoms with E-state index in [1.807, 2.05) is 4.98 Å². The van der Waals surface area contributed by atoms with Gasteiger partial charge in [0.05, 0.1) is 25.4 Å². The van der Waals surface area contributed by atoms with E-state index < -0.39 is 120 Å². The molecule has 376 valence electrons. The van der Waals surface area contributed by atoms with E-state index in [9.17, 15) is 66.4 Å². The highest BCUT2D eigenvalue weighted by Gasteiger charge is 2.45. The minimum atomic E-state index is -5.69. The number of unbranched alkanes of at least 4 members (excludes halogenated alkanes) is 1. The Bertz CT molecular complexity index is 2590. The van der Waals surface area contributed by atoms with Crippen molar-refractivity contribution in [1.29, 1.82) is 0 Å². The van der Waals surface area contributed by atoms with Gasteiger partial charge >= 0.3 is 58.3 Å². The summed E-state index contributed by atoms with van der Waals surface area (Å²) in [5.74, 6) is 3.44. The third-order valence-electron chi connectivity index (χ3n) is 7.89. The number of aliphatic hydroxyl groups is 1. The number of H-pyrrole nitrogens is 2. The topological polar surface area (TPSA) is 477 Å². The number of ether oxygens (including phenoxy) is 3. The monoisotopic (exact) mass is 1110 g/mol. The summed E-state index contributed by atoms with van der Waals surface area (Å²) in [4.78, 5) is 123. The molecule has 4 rings (SSSR count). The average Bonchev–Trinajstić information content (AvgIpc) is 3.72. The van der Waals surface area contributed by atoms with E-state index in [0.29, 0.717) is 6.42 Å². The number of rotatable bonds is 23. The highest BCUT2D eigenvalue weighted by molar-refractivity contribution is 8.76. The number of hydrogen-bond acceptors (Lipinski definition) is 22. The Morgan fingerprint density at radius 3 is 1.59 bits per heavy atom. The van der Waals surface area contributed by atoms with Crippen molar-refractivity contribution < 1.29 is 112 Å². The van der Waals surface area contributed by atoms with Crippen molar-refractivity contribution >= 4 is 68.5 Å². The normalized spacial score (nSPS) is 24.8. The number of nitrogens with zero attached hydrogens (tertiary/aromatic N) is 2. The first-order valence-corrected chi connectivity index (χ1v) is 29.2. The minimum absolute atomic E-state index is 0.0537. The summed E-state index contributed by atoms with van der Waals surface area (Å²) in [5, 5.41) is 9.98.